The summed E-state index contributed by atoms with van der Waals surface area (Å²) in [4.78, 5) is 0. The predicted molar refractivity (Wildman–Crippen MR) is 80.6 cm³/mol. The molecule has 0 radical (unpaired) electrons. The SMILES string of the molecule is COc1cc(C)cc(C)c1C1(N)CCCC(C)(C)C1. The third-order valence-corrected chi connectivity index (χ3v) is 4.43. The second-order valence-electron chi connectivity index (χ2n) is 7.01. The van der Waals surface area contributed by atoms with Crippen LogP contribution in [0.3, 0.4) is 0 Å². The van der Waals surface area contributed by atoms with Crippen molar-refractivity contribution in [1.29, 1.82) is 0 Å². The zero-order valence-electron chi connectivity index (χ0n) is 13.0. The van der Waals surface area contributed by atoms with Gasteiger partial charge in [0.1, 0.15) is 5.75 Å². The maximum absolute atomic E-state index is 6.80. The van der Waals surface area contributed by atoms with Gasteiger partial charge in [-0.15, -0.1) is 0 Å². The van der Waals surface area contributed by atoms with Crippen LogP contribution in [-0.2, 0) is 5.54 Å². The lowest BCUT2D eigenvalue weighted by Crippen LogP contribution is -2.44. The van der Waals surface area contributed by atoms with Gasteiger partial charge < -0.3 is 10.5 Å². The molecule has 106 valence electrons. The molecule has 0 heterocycles. The van der Waals surface area contributed by atoms with Crippen LogP contribution in [0.2, 0.25) is 0 Å². The van der Waals surface area contributed by atoms with E-state index in [0.717, 1.165) is 18.6 Å². The Hall–Kier alpha value is -1.02. The first-order chi connectivity index (χ1) is 8.77. The van der Waals surface area contributed by atoms with Crippen LogP contribution in [0, 0.1) is 19.3 Å². The van der Waals surface area contributed by atoms with Crippen LogP contribution >= 0.6 is 0 Å². The van der Waals surface area contributed by atoms with E-state index in [9.17, 15) is 0 Å². The van der Waals surface area contributed by atoms with Gasteiger partial charge in [-0.2, -0.15) is 0 Å². The summed E-state index contributed by atoms with van der Waals surface area (Å²) in [7, 11) is 1.75. The lowest BCUT2D eigenvalue weighted by molar-refractivity contribution is 0.148. The number of rotatable bonds is 2. The van der Waals surface area contributed by atoms with Crippen LogP contribution in [0.5, 0.6) is 5.75 Å². The highest BCUT2D eigenvalue weighted by Crippen LogP contribution is 2.48. The number of methoxy groups -OCH3 is 1. The number of aryl methyl sites for hydroxylation is 2. The van der Waals surface area contributed by atoms with E-state index in [1.807, 2.05) is 0 Å². The van der Waals surface area contributed by atoms with Crippen molar-refractivity contribution in [3.63, 3.8) is 0 Å². The molecule has 1 aliphatic rings. The van der Waals surface area contributed by atoms with Gasteiger partial charge in [0.25, 0.3) is 0 Å². The van der Waals surface area contributed by atoms with Crippen LogP contribution in [-0.4, -0.2) is 7.11 Å². The molecule has 1 aliphatic carbocycles. The molecule has 19 heavy (non-hydrogen) atoms. The predicted octanol–water partition coefficient (Wildman–Crippen LogP) is 4.07. The van der Waals surface area contributed by atoms with Gasteiger partial charge in [-0.25, -0.2) is 0 Å². The summed E-state index contributed by atoms with van der Waals surface area (Å²) in [6, 6.07) is 4.33. The maximum atomic E-state index is 6.80. The molecule has 2 nitrogen and oxygen atoms in total. The molecule has 1 aromatic rings. The lowest BCUT2D eigenvalue weighted by atomic mass is 9.65. The van der Waals surface area contributed by atoms with E-state index in [-0.39, 0.29) is 5.54 Å². The van der Waals surface area contributed by atoms with Crippen molar-refractivity contribution in [3.8, 4) is 5.75 Å². The number of benzene rings is 1. The van der Waals surface area contributed by atoms with Crippen molar-refractivity contribution < 1.29 is 4.74 Å². The molecule has 1 aromatic carbocycles. The standard InChI is InChI=1S/C17H27NO/c1-12-9-13(2)15(14(10-12)19-5)17(18)8-6-7-16(3,4)11-17/h9-10H,6-8,11,18H2,1-5H3. The summed E-state index contributed by atoms with van der Waals surface area (Å²) < 4.78 is 5.61. The van der Waals surface area contributed by atoms with E-state index in [4.69, 9.17) is 10.5 Å². The van der Waals surface area contributed by atoms with Crippen molar-refractivity contribution in [2.75, 3.05) is 7.11 Å². The van der Waals surface area contributed by atoms with Crippen LogP contribution in [0.25, 0.3) is 0 Å². The normalized spacial score (nSPS) is 26.2. The highest BCUT2D eigenvalue weighted by atomic mass is 16.5. The Balaban J connectivity index is 2.51. The molecule has 2 rings (SSSR count). The Kier molecular flexibility index (Phi) is 3.65. The lowest BCUT2D eigenvalue weighted by Gasteiger charge is -2.44. The second-order valence-corrected chi connectivity index (χ2v) is 7.01. The molecule has 0 spiro atoms. The van der Waals surface area contributed by atoms with E-state index >= 15 is 0 Å². The van der Waals surface area contributed by atoms with Gasteiger partial charge in [-0.3, -0.25) is 0 Å². The number of nitrogens with two attached hydrogens (primary N) is 1. The van der Waals surface area contributed by atoms with Crippen molar-refractivity contribution in [1.82, 2.24) is 0 Å². The van der Waals surface area contributed by atoms with Gasteiger partial charge >= 0.3 is 0 Å². The van der Waals surface area contributed by atoms with Crippen molar-refractivity contribution in [3.05, 3.63) is 28.8 Å². The van der Waals surface area contributed by atoms with Crippen LogP contribution < -0.4 is 10.5 Å². The fourth-order valence-electron chi connectivity index (χ4n) is 3.85. The second kappa shape index (κ2) is 4.82. The summed E-state index contributed by atoms with van der Waals surface area (Å²) in [5.41, 5.74) is 10.6. The average Bonchev–Trinajstić information content (AvgIpc) is 2.25. The number of hydrogen-bond acceptors (Lipinski definition) is 2. The molecule has 0 aliphatic heterocycles. The smallest absolute Gasteiger partial charge is 0.124 e. The van der Waals surface area contributed by atoms with E-state index in [1.165, 1.54) is 29.5 Å². The van der Waals surface area contributed by atoms with E-state index < -0.39 is 0 Å². The Bertz CT molecular complexity index is 478. The highest BCUT2D eigenvalue weighted by molar-refractivity contribution is 5.47. The molecule has 1 fully saturated rings. The van der Waals surface area contributed by atoms with Gasteiger partial charge in [-0.05, 0) is 55.7 Å². The Labute approximate surface area is 117 Å². The van der Waals surface area contributed by atoms with Crippen molar-refractivity contribution in [2.45, 2.75) is 58.9 Å². The average molecular weight is 261 g/mol. The first-order valence-corrected chi connectivity index (χ1v) is 7.22. The molecule has 1 atom stereocenters. The van der Waals surface area contributed by atoms with E-state index in [1.54, 1.807) is 7.11 Å². The Morgan fingerprint density at radius 1 is 1.16 bits per heavy atom. The minimum atomic E-state index is -0.245. The fourth-order valence-corrected chi connectivity index (χ4v) is 3.85. The van der Waals surface area contributed by atoms with Crippen LogP contribution in [0.4, 0.5) is 0 Å². The molecule has 2 N–H and O–H groups in total. The molecule has 0 amide bonds. The minimum absolute atomic E-state index is 0.245. The Morgan fingerprint density at radius 3 is 2.42 bits per heavy atom. The Morgan fingerprint density at radius 2 is 1.84 bits per heavy atom. The quantitative estimate of drug-likeness (QED) is 0.871. The van der Waals surface area contributed by atoms with Gasteiger partial charge in [0.15, 0.2) is 0 Å². The molecule has 0 bridgehead atoms. The summed E-state index contributed by atoms with van der Waals surface area (Å²) >= 11 is 0. The molecule has 0 saturated heterocycles. The first kappa shape index (κ1) is 14.4. The van der Waals surface area contributed by atoms with Crippen molar-refractivity contribution in [2.24, 2.45) is 11.1 Å². The topological polar surface area (TPSA) is 35.2 Å². The summed E-state index contributed by atoms with van der Waals surface area (Å²) in [6.45, 7) is 8.90. The zero-order chi connectivity index (χ0) is 14.3. The maximum Gasteiger partial charge on any atom is 0.124 e. The zero-order valence-corrected chi connectivity index (χ0v) is 13.0. The molecule has 1 saturated carbocycles. The van der Waals surface area contributed by atoms with E-state index in [0.29, 0.717) is 5.41 Å². The molecule has 0 aromatic heterocycles. The van der Waals surface area contributed by atoms with Crippen molar-refractivity contribution >= 4 is 0 Å². The third kappa shape index (κ3) is 2.79. The minimum Gasteiger partial charge on any atom is -0.496 e. The summed E-state index contributed by atoms with van der Waals surface area (Å²) in [5.74, 6) is 0.956. The third-order valence-electron chi connectivity index (χ3n) is 4.43. The number of ether oxygens (including phenoxy) is 1. The molecule has 1 unspecified atom stereocenters. The molecular weight excluding hydrogens is 234 g/mol. The van der Waals surface area contributed by atoms with Gasteiger partial charge in [0.05, 0.1) is 7.11 Å². The first-order valence-electron chi connectivity index (χ1n) is 7.22. The van der Waals surface area contributed by atoms with E-state index in [2.05, 4.69) is 39.8 Å². The molecular formula is C17H27NO. The van der Waals surface area contributed by atoms with Gasteiger partial charge in [0, 0.05) is 11.1 Å². The van der Waals surface area contributed by atoms with Crippen LogP contribution in [0.1, 0.15) is 56.2 Å². The fraction of sp³-hybridized carbons (Fsp3) is 0.647. The van der Waals surface area contributed by atoms with Gasteiger partial charge in [0.2, 0.25) is 0 Å². The summed E-state index contributed by atoms with van der Waals surface area (Å²) in [5, 5.41) is 0. The highest BCUT2D eigenvalue weighted by Gasteiger charge is 2.40. The van der Waals surface area contributed by atoms with Crippen LogP contribution in [0.15, 0.2) is 12.1 Å². The molecule has 2 heteroatoms. The van der Waals surface area contributed by atoms with Gasteiger partial charge in [-0.1, -0.05) is 26.3 Å². The monoisotopic (exact) mass is 261 g/mol. The summed E-state index contributed by atoms with van der Waals surface area (Å²) in [6.07, 6.45) is 4.54. The number of hydrogen-bond donors (Lipinski definition) is 1. The largest absolute Gasteiger partial charge is 0.496 e.